The molecule has 0 spiro atoms. The van der Waals surface area contributed by atoms with Gasteiger partial charge in [0.25, 0.3) is 5.91 Å². The van der Waals surface area contributed by atoms with Gasteiger partial charge >= 0.3 is 5.69 Å². The van der Waals surface area contributed by atoms with Gasteiger partial charge in [-0.05, 0) is 25.3 Å². The molecule has 1 rings (SSSR count). The molecule has 7 heteroatoms. The molecular formula is C13H18ClN3O3. The average Bonchev–Trinajstić information content (AvgIpc) is 2.35. The summed E-state index contributed by atoms with van der Waals surface area (Å²) in [6.45, 7) is 6.02. The van der Waals surface area contributed by atoms with E-state index in [4.69, 9.17) is 11.6 Å². The van der Waals surface area contributed by atoms with E-state index in [9.17, 15) is 14.9 Å². The van der Waals surface area contributed by atoms with E-state index in [0.717, 1.165) is 6.42 Å². The Balaban J connectivity index is 3.09. The Labute approximate surface area is 122 Å². The minimum atomic E-state index is -0.677. The van der Waals surface area contributed by atoms with Crippen LogP contribution in [0.1, 0.15) is 37.6 Å². The Kier molecular flexibility index (Phi) is 5.44. The molecule has 1 atom stereocenters. The third-order valence-corrected chi connectivity index (χ3v) is 3.36. The quantitative estimate of drug-likeness (QED) is 0.475. The average molecular weight is 300 g/mol. The zero-order valence-corrected chi connectivity index (χ0v) is 12.7. The smallest absolute Gasteiger partial charge is 0.319 e. The van der Waals surface area contributed by atoms with Crippen LogP contribution >= 0.6 is 11.6 Å². The Bertz CT molecular complexity index is 520. The SMILES string of the molecule is CC(C)CC(C)N(C)C(=O)c1ccnc(Cl)c1[N+](=O)[O-]. The van der Waals surface area contributed by atoms with Gasteiger partial charge in [0, 0.05) is 19.3 Å². The summed E-state index contributed by atoms with van der Waals surface area (Å²) < 4.78 is 0. The van der Waals surface area contributed by atoms with Crippen molar-refractivity contribution in [2.24, 2.45) is 5.92 Å². The lowest BCUT2D eigenvalue weighted by atomic mass is 10.0. The highest BCUT2D eigenvalue weighted by atomic mass is 35.5. The Morgan fingerprint density at radius 1 is 1.50 bits per heavy atom. The molecular weight excluding hydrogens is 282 g/mol. The third-order valence-electron chi connectivity index (χ3n) is 3.09. The molecule has 0 bridgehead atoms. The van der Waals surface area contributed by atoms with Crippen LogP contribution in [0.5, 0.6) is 0 Å². The summed E-state index contributed by atoms with van der Waals surface area (Å²) in [5.74, 6) is 0.00501. The van der Waals surface area contributed by atoms with Gasteiger partial charge in [0.1, 0.15) is 5.56 Å². The maximum Gasteiger partial charge on any atom is 0.319 e. The standard InChI is InChI=1S/C13H18ClN3O3/c1-8(2)7-9(3)16(4)13(18)10-5-6-15-12(14)11(10)17(19)20/h5-6,8-9H,7H2,1-4H3. The number of nitrogens with zero attached hydrogens (tertiary/aromatic N) is 3. The molecule has 0 saturated carbocycles. The summed E-state index contributed by atoms with van der Waals surface area (Å²) in [5, 5.41) is 10.8. The molecule has 20 heavy (non-hydrogen) atoms. The molecule has 0 aliphatic carbocycles. The first-order chi connectivity index (χ1) is 9.25. The number of halogens is 1. The molecule has 1 heterocycles. The highest BCUT2D eigenvalue weighted by Crippen LogP contribution is 2.27. The highest BCUT2D eigenvalue weighted by Gasteiger charge is 2.28. The molecule has 0 aromatic carbocycles. The fourth-order valence-electron chi connectivity index (χ4n) is 2.01. The molecule has 1 aromatic heterocycles. The van der Waals surface area contributed by atoms with Gasteiger partial charge in [-0.2, -0.15) is 0 Å². The second-order valence-corrected chi connectivity index (χ2v) is 5.51. The van der Waals surface area contributed by atoms with Crippen LogP contribution in [0.2, 0.25) is 5.15 Å². The van der Waals surface area contributed by atoms with Crippen molar-refractivity contribution < 1.29 is 9.72 Å². The lowest BCUT2D eigenvalue weighted by Gasteiger charge is -2.26. The number of pyridine rings is 1. The van der Waals surface area contributed by atoms with Crippen molar-refractivity contribution in [3.63, 3.8) is 0 Å². The number of aromatic nitrogens is 1. The number of carbonyl (C=O) groups excluding carboxylic acids is 1. The van der Waals surface area contributed by atoms with E-state index in [2.05, 4.69) is 18.8 Å². The minimum absolute atomic E-state index is 0.0194. The van der Waals surface area contributed by atoms with Crippen LogP contribution in [0.3, 0.4) is 0 Å². The number of hydrogen-bond donors (Lipinski definition) is 0. The maximum absolute atomic E-state index is 12.4. The highest BCUT2D eigenvalue weighted by molar-refractivity contribution is 6.32. The molecule has 110 valence electrons. The third kappa shape index (κ3) is 3.66. The summed E-state index contributed by atoms with van der Waals surface area (Å²) in [6, 6.07) is 1.30. The summed E-state index contributed by atoms with van der Waals surface area (Å²) in [5.41, 5.74) is -0.476. The topological polar surface area (TPSA) is 76.3 Å². The molecule has 0 radical (unpaired) electrons. The van der Waals surface area contributed by atoms with Crippen molar-refractivity contribution >= 4 is 23.2 Å². The molecule has 0 aliphatic rings. The fourth-order valence-corrected chi connectivity index (χ4v) is 2.23. The molecule has 1 aromatic rings. The van der Waals surface area contributed by atoms with Crippen LogP contribution in [0, 0.1) is 16.0 Å². The van der Waals surface area contributed by atoms with E-state index in [1.54, 1.807) is 7.05 Å². The molecule has 0 saturated heterocycles. The zero-order valence-electron chi connectivity index (χ0n) is 12.0. The Morgan fingerprint density at radius 2 is 2.10 bits per heavy atom. The summed E-state index contributed by atoms with van der Waals surface area (Å²) in [4.78, 5) is 27.9. The predicted molar refractivity (Wildman–Crippen MR) is 76.9 cm³/mol. The van der Waals surface area contributed by atoms with Crippen molar-refractivity contribution in [1.29, 1.82) is 0 Å². The Morgan fingerprint density at radius 3 is 2.60 bits per heavy atom. The van der Waals surface area contributed by atoms with Gasteiger partial charge in [-0.1, -0.05) is 25.4 Å². The lowest BCUT2D eigenvalue weighted by molar-refractivity contribution is -0.385. The van der Waals surface area contributed by atoms with Crippen LogP contribution in [0.4, 0.5) is 5.69 Å². The van der Waals surface area contributed by atoms with E-state index in [0.29, 0.717) is 5.92 Å². The van der Waals surface area contributed by atoms with Crippen LogP contribution in [0.15, 0.2) is 12.3 Å². The van der Waals surface area contributed by atoms with Crippen LogP contribution in [-0.4, -0.2) is 33.8 Å². The zero-order chi connectivity index (χ0) is 15.4. The van der Waals surface area contributed by atoms with E-state index in [1.165, 1.54) is 17.2 Å². The maximum atomic E-state index is 12.4. The van der Waals surface area contributed by atoms with E-state index in [-0.39, 0.29) is 16.8 Å². The molecule has 0 N–H and O–H groups in total. The van der Waals surface area contributed by atoms with Gasteiger partial charge < -0.3 is 4.90 Å². The summed E-state index contributed by atoms with van der Waals surface area (Å²) >= 11 is 5.71. The van der Waals surface area contributed by atoms with Gasteiger partial charge in [-0.25, -0.2) is 4.98 Å². The second kappa shape index (κ2) is 6.65. The van der Waals surface area contributed by atoms with Crippen molar-refractivity contribution in [2.45, 2.75) is 33.2 Å². The molecule has 1 amide bonds. The van der Waals surface area contributed by atoms with Gasteiger partial charge in [-0.15, -0.1) is 0 Å². The van der Waals surface area contributed by atoms with E-state index < -0.39 is 16.5 Å². The first-order valence-electron chi connectivity index (χ1n) is 6.31. The van der Waals surface area contributed by atoms with Gasteiger partial charge in [0.05, 0.1) is 4.92 Å². The van der Waals surface area contributed by atoms with Gasteiger partial charge in [0.15, 0.2) is 0 Å². The number of nitro groups is 1. The number of amides is 1. The van der Waals surface area contributed by atoms with E-state index >= 15 is 0 Å². The van der Waals surface area contributed by atoms with Crippen molar-refractivity contribution in [3.05, 3.63) is 33.1 Å². The Hall–Kier alpha value is -1.69. The van der Waals surface area contributed by atoms with Gasteiger partial charge in [0.2, 0.25) is 5.15 Å². The first kappa shape index (κ1) is 16.4. The van der Waals surface area contributed by atoms with Crippen LogP contribution < -0.4 is 0 Å². The molecule has 0 fully saturated rings. The predicted octanol–water partition coefficient (Wildman–Crippen LogP) is 3.15. The largest absolute Gasteiger partial charge is 0.339 e. The normalized spacial score (nSPS) is 12.3. The number of carbonyl (C=O) groups is 1. The molecule has 0 aliphatic heterocycles. The van der Waals surface area contributed by atoms with Crippen LogP contribution in [0.25, 0.3) is 0 Å². The molecule has 6 nitrogen and oxygen atoms in total. The lowest BCUT2D eigenvalue weighted by Crippen LogP contribution is -2.36. The fraction of sp³-hybridized carbons (Fsp3) is 0.538. The monoisotopic (exact) mass is 299 g/mol. The summed E-state index contributed by atoms with van der Waals surface area (Å²) in [7, 11) is 1.63. The van der Waals surface area contributed by atoms with E-state index in [1.807, 2.05) is 6.92 Å². The van der Waals surface area contributed by atoms with Crippen molar-refractivity contribution in [2.75, 3.05) is 7.05 Å². The first-order valence-corrected chi connectivity index (χ1v) is 6.69. The van der Waals surface area contributed by atoms with Crippen molar-refractivity contribution in [3.8, 4) is 0 Å². The number of rotatable bonds is 5. The minimum Gasteiger partial charge on any atom is -0.339 e. The number of hydrogen-bond acceptors (Lipinski definition) is 4. The summed E-state index contributed by atoms with van der Waals surface area (Å²) in [6.07, 6.45) is 2.11. The van der Waals surface area contributed by atoms with Crippen molar-refractivity contribution in [1.82, 2.24) is 9.88 Å². The second-order valence-electron chi connectivity index (χ2n) is 5.15. The van der Waals surface area contributed by atoms with Crippen LogP contribution in [-0.2, 0) is 0 Å². The van der Waals surface area contributed by atoms with Gasteiger partial charge in [-0.3, -0.25) is 14.9 Å². The molecule has 1 unspecified atom stereocenters.